The molecule has 0 saturated carbocycles. The number of likely N-dealkylation sites (N-methyl/N-ethyl adjacent to an activating group) is 1. The fraction of sp³-hybridized carbons (Fsp3) is 0.273. The molecule has 1 aliphatic heterocycles. The van der Waals surface area contributed by atoms with Gasteiger partial charge in [-0.25, -0.2) is 9.59 Å². The van der Waals surface area contributed by atoms with E-state index in [0.29, 0.717) is 11.3 Å². The van der Waals surface area contributed by atoms with Gasteiger partial charge in [0, 0.05) is 19.8 Å². The van der Waals surface area contributed by atoms with E-state index in [-0.39, 0.29) is 12.6 Å². The summed E-state index contributed by atoms with van der Waals surface area (Å²) >= 11 is 0. The lowest BCUT2D eigenvalue weighted by molar-refractivity contribution is -0.141. The van der Waals surface area contributed by atoms with Crippen LogP contribution in [0.3, 0.4) is 0 Å². The maximum absolute atomic E-state index is 13.0. The normalized spacial score (nSPS) is 17.0. The van der Waals surface area contributed by atoms with Crippen LogP contribution in [0.1, 0.15) is 24.1 Å². The fourth-order valence-electron chi connectivity index (χ4n) is 3.30. The number of nitrogens with zero attached hydrogens (tertiary/aromatic N) is 2. The smallest absolute Gasteiger partial charge is 0.338 e. The standard InChI is InChI=1S/C22H24N2O4/c1-15-19(21(25)28-14-16-10-12-18(27-4)13-11-16)20(17-8-6-5-7-9-17)24(3)22(26)23(15)2/h5-13,20H,14H2,1-4H3. The number of carbonyl (C=O) groups excluding carboxylic acids is 2. The second-order valence-corrected chi connectivity index (χ2v) is 6.69. The maximum Gasteiger partial charge on any atom is 0.338 e. The lowest BCUT2D eigenvalue weighted by atomic mass is 9.94. The van der Waals surface area contributed by atoms with Crippen LogP contribution in [0.5, 0.6) is 5.75 Å². The molecule has 146 valence electrons. The Balaban J connectivity index is 1.88. The molecular weight excluding hydrogens is 356 g/mol. The number of urea groups is 1. The number of ether oxygens (including phenoxy) is 2. The molecule has 1 aliphatic rings. The molecule has 3 rings (SSSR count). The van der Waals surface area contributed by atoms with Gasteiger partial charge in [-0.2, -0.15) is 0 Å². The van der Waals surface area contributed by atoms with Gasteiger partial charge in [0.2, 0.25) is 0 Å². The van der Waals surface area contributed by atoms with Gasteiger partial charge in [-0.05, 0) is 30.2 Å². The number of hydrogen-bond acceptors (Lipinski definition) is 4. The SMILES string of the molecule is COc1ccc(COC(=O)C2=C(C)N(C)C(=O)N(C)C2c2ccccc2)cc1. The summed E-state index contributed by atoms with van der Waals surface area (Å²) in [6.45, 7) is 1.91. The second kappa shape index (κ2) is 8.17. The molecule has 0 N–H and O–H groups in total. The highest BCUT2D eigenvalue weighted by atomic mass is 16.5. The van der Waals surface area contributed by atoms with Gasteiger partial charge in [-0.3, -0.25) is 0 Å². The van der Waals surface area contributed by atoms with Gasteiger partial charge < -0.3 is 19.3 Å². The second-order valence-electron chi connectivity index (χ2n) is 6.69. The number of rotatable bonds is 5. The number of methoxy groups -OCH3 is 1. The van der Waals surface area contributed by atoms with E-state index in [1.54, 1.807) is 33.0 Å². The van der Waals surface area contributed by atoms with Gasteiger partial charge in [0.05, 0.1) is 18.7 Å². The Morgan fingerprint density at radius 1 is 1.04 bits per heavy atom. The van der Waals surface area contributed by atoms with Crippen LogP contribution in [0.15, 0.2) is 65.9 Å². The van der Waals surface area contributed by atoms with Crippen LogP contribution in [-0.2, 0) is 16.1 Å². The molecule has 0 aliphatic carbocycles. The van der Waals surface area contributed by atoms with Gasteiger partial charge >= 0.3 is 12.0 Å². The summed E-state index contributed by atoms with van der Waals surface area (Å²) < 4.78 is 10.7. The van der Waals surface area contributed by atoms with E-state index in [1.807, 2.05) is 54.6 Å². The first-order valence-corrected chi connectivity index (χ1v) is 9.00. The molecule has 6 nitrogen and oxygen atoms in total. The average Bonchev–Trinajstić information content (AvgIpc) is 2.73. The molecule has 0 radical (unpaired) electrons. The molecule has 0 spiro atoms. The third-order valence-corrected chi connectivity index (χ3v) is 5.01. The zero-order chi connectivity index (χ0) is 20.3. The topological polar surface area (TPSA) is 59.1 Å². The number of carbonyl (C=O) groups is 2. The van der Waals surface area contributed by atoms with Crippen LogP contribution in [0, 0.1) is 0 Å². The van der Waals surface area contributed by atoms with Crippen molar-refractivity contribution in [3.63, 3.8) is 0 Å². The minimum atomic E-state index is -0.492. The van der Waals surface area contributed by atoms with E-state index in [0.717, 1.165) is 16.9 Å². The number of hydrogen-bond donors (Lipinski definition) is 0. The third kappa shape index (κ3) is 3.71. The van der Waals surface area contributed by atoms with Crippen molar-refractivity contribution in [1.29, 1.82) is 0 Å². The van der Waals surface area contributed by atoms with E-state index >= 15 is 0 Å². The van der Waals surface area contributed by atoms with Crippen molar-refractivity contribution in [3.8, 4) is 5.75 Å². The van der Waals surface area contributed by atoms with Gasteiger partial charge in [0.1, 0.15) is 12.4 Å². The molecule has 0 saturated heterocycles. The number of esters is 1. The lowest BCUT2D eigenvalue weighted by Crippen LogP contribution is -2.47. The first kappa shape index (κ1) is 19.5. The van der Waals surface area contributed by atoms with Gasteiger partial charge in [-0.15, -0.1) is 0 Å². The summed E-state index contributed by atoms with van der Waals surface area (Å²) in [5.41, 5.74) is 2.78. The molecule has 2 aromatic carbocycles. The molecule has 0 fully saturated rings. The van der Waals surface area contributed by atoms with Gasteiger partial charge in [0.15, 0.2) is 0 Å². The Kier molecular flexibility index (Phi) is 5.68. The summed E-state index contributed by atoms with van der Waals surface area (Å²) in [5.74, 6) is 0.306. The minimum absolute atomic E-state index is 0.141. The molecular formula is C22H24N2O4. The number of benzene rings is 2. The Morgan fingerprint density at radius 3 is 2.29 bits per heavy atom. The molecule has 2 amide bonds. The minimum Gasteiger partial charge on any atom is -0.497 e. The van der Waals surface area contributed by atoms with Crippen LogP contribution in [-0.4, -0.2) is 43.0 Å². The van der Waals surface area contributed by atoms with Crippen LogP contribution in [0.25, 0.3) is 0 Å². The fourth-order valence-corrected chi connectivity index (χ4v) is 3.30. The van der Waals surface area contributed by atoms with Crippen LogP contribution >= 0.6 is 0 Å². The van der Waals surface area contributed by atoms with Crippen molar-refractivity contribution in [2.24, 2.45) is 0 Å². The highest BCUT2D eigenvalue weighted by Gasteiger charge is 2.39. The van der Waals surface area contributed by atoms with Crippen molar-refractivity contribution in [1.82, 2.24) is 9.80 Å². The van der Waals surface area contributed by atoms with E-state index in [4.69, 9.17) is 9.47 Å². The molecule has 28 heavy (non-hydrogen) atoms. The van der Waals surface area contributed by atoms with E-state index in [1.165, 1.54) is 4.90 Å². The van der Waals surface area contributed by atoms with Crippen molar-refractivity contribution < 1.29 is 19.1 Å². The summed E-state index contributed by atoms with van der Waals surface area (Å²) in [4.78, 5) is 28.6. The van der Waals surface area contributed by atoms with Gasteiger partial charge in [-0.1, -0.05) is 42.5 Å². The molecule has 0 aromatic heterocycles. The highest BCUT2D eigenvalue weighted by Crippen LogP contribution is 2.36. The van der Waals surface area contributed by atoms with Crippen LogP contribution < -0.4 is 4.74 Å². The van der Waals surface area contributed by atoms with Crippen molar-refractivity contribution in [3.05, 3.63) is 77.0 Å². The third-order valence-electron chi connectivity index (χ3n) is 5.01. The molecule has 1 unspecified atom stereocenters. The highest BCUT2D eigenvalue weighted by molar-refractivity contribution is 5.94. The van der Waals surface area contributed by atoms with Crippen molar-refractivity contribution in [2.45, 2.75) is 19.6 Å². The summed E-state index contributed by atoms with van der Waals surface area (Å²) in [6.07, 6.45) is 0. The number of allylic oxidation sites excluding steroid dienone is 1. The molecule has 6 heteroatoms. The van der Waals surface area contributed by atoms with E-state index in [2.05, 4.69) is 0 Å². The quantitative estimate of drug-likeness (QED) is 0.742. The van der Waals surface area contributed by atoms with Crippen LogP contribution in [0.4, 0.5) is 4.79 Å². The number of amides is 2. The molecule has 0 bridgehead atoms. The van der Waals surface area contributed by atoms with E-state index in [9.17, 15) is 9.59 Å². The van der Waals surface area contributed by atoms with E-state index < -0.39 is 12.0 Å². The van der Waals surface area contributed by atoms with Crippen molar-refractivity contribution >= 4 is 12.0 Å². The monoisotopic (exact) mass is 380 g/mol. The maximum atomic E-state index is 13.0. The average molecular weight is 380 g/mol. The Hall–Kier alpha value is -3.28. The summed E-state index contributed by atoms with van der Waals surface area (Å²) in [5, 5.41) is 0. The predicted octanol–water partition coefficient (Wildman–Crippen LogP) is 3.75. The zero-order valence-corrected chi connectivity index (χ0v) is 16.5. The Morgan fingerprint density at radius 2 is 1.68 bits per heavy atom. The largest absolute Gasteiger partial charge is 0.497 e. The molecule has 1 atom stereocenters. The van der Waals surface area contributed by atoms with Crippen LogP contribution in [0.2, 0.25) is 0 Å². The first-order valence-electron chi connectivity index (χ1n) is 9.00. The summed E-state index contributed by atoms with van der Waals surface area (Å²) in [6, 6.07) is 16.2. The van der Waals surface area contributed by atoms with Crippen molar-refractivity contribution in [2.75, 3.05) is 21.2 Å². The van der Waals surface area contributed by atoms with Gasteiger partial charge in [0.25, 0.3) is 0 Å². The Bertz CT molecular complexity index is 891. The Labute approximate surface area is 165 Å². The molecule has 1 heterocycles. The summed E-state index contributed by atoms with van der Waals surface area (Å²) in [7, 11) is 4.96. The molecule has 2 aromatic rings. The predicted molar refractivity (Wildman–Crippen MR) is 106 cm³/mol. The lowest BCUT2D eigenvalue weighted by Gasteiger charge is -2.39. The first-order chi connectivity index (χ1) is 13.4. The zero-order valence-electron chi connectivity index (χ0n) is 16.5.